The average Bonchev–Trinajstić information content (AvgIpc) is 3.24. The van der Waals surface area contributed by atoms with Gasteiger partial charge in [0.1, 0.15) is 5.69 Å². The maximum absolute atomic E-state index is 13.3. The normalized spacial score (nSPS) is 10.8. The van der Waals surface area contributed by atoms with Gasteiger partial charge in [-0.3, -0.25) is 4.79 Å². The van der Waals surface area contributed by atoms with Crippen molar-refractivity contribution < 1.29 is 9.32 Å². The highest BCUT2D eigenvalue weighted by atomic mass is 16.5. The molecule has 3 aromatic carbocycles. The van der Waals surface area contributed by atoms with Crippen molar-refractivity contribution in [2.45, 2.75) is 33.9 Å². The van der Waals surface area contributed by atoms with E-state index in [2.05, 4.69) is 31.1 Å². The fourth-order valence-corrected chi connectivity index (χ4v) is 3.49. The monoisotopic (exact) mass is 410 g/mol. The maximum atomic E-state index is 13.3. The van der Waals surface area contributed by atoms with Crippen molar-refractivity contribution in [3.8, 4) is 11.3 Å². The third-order valence-corrected chi connectivity index (χ3v) is 5.51. The zero-order valence-corrected chi connectivity index (χ0v) is 18.1. The van der Waals surface area contributed by atoms with Crippen LogP contribution in [-0.2, 0) is 13.1 Å². The summed E-state index contributed by atoms with van der Waals surface area (Å²) in [5, 5.41) is 4.25. The van der Waals surface area contributed by atoms with Gasteiger partial charge in [0.2, 0.25) is 0 Å². The summed E-state index contributed by atoms with van der Waals surface area (Å²) in [4.78, 5) is 15.1. The highest BCUT2D eigenvalue weighted by Gasteiger charge is 2.19. The van der Waals surface area contributed by atoms with Gasteiger partial charge in [-0.2, -0.15) is 0 Å². The molecule has 0 saturated carbocycles. The zero-order valence-electron chi connectivity index (χ0n) is 18.1. The molecule has 0 aliphatic carbocycles. The van der Waals surface area contributed by atoms with E-state index in [4.69, 9.17) is 4.52 Å². The Morgan fingerprint density at radius 2 is 1.58 bits per heavy atom. The first kappa shape index (κ1) is 20.6. The molecule has 0 bridgehead atoms. The quantitative estimate of drug-likeness (QED) is 0.385. The molecule has 156 valence electrons. The van der Waals surface area contributed by atoms with Crippen LogP contribution >= 0.6 is 0 Å². The first-order valence-corrected chi connectivity index (χ1v) is 10.4. The molecule has 4 aromatic rings. The molecule has 1 heterocycles. The van der Waals surface area contributed by atoms with Crippen LogP contribution in [0.15, 0.2) is 83.4 Å². The predicted molar refractivity (Wildman–Crippen MR) is 123 cm³/mol. The second kappa shape index (κ2) is 9.00. The van der Waals surface area contributed by atoms with Crippen LogP contribution in [0.4, 0.5) is 0 Å². The molecule has 1 aromatic heterocycles. The van der Waals surface area contributed by atoms with Crippen molar-refractivity contribution >= 4 is 5.91 Å². The lowest BCUT2D eigenvalue weighted by Crippen LogP contribution is -2.30. The Morgan fingerprint density at radius 3 is 2.29 bits per heavy atom. The standard InChI is InChI=1S/C27H26N2O2/c1-19-9-12-23(13-10-19)27(30)29(17-22-7-5-4-6-8-22)18-25-16-26(31-28-25)24-14-11-20(2)21(3)15-24/h4-16H,17-18H2,1-3H3. The summed E-state index contributed by atoms with van der Waals surface area (Å²) in [6.07, 6.45) is 0. The highest BCUT2D eigenvalue weighted by molar-refractivity contribution is 5.94. The smallest absolute Gasteiger partial charge is 0.254 e. The van der Waals surface area contributed by atoms with Gasteiger partial charge in [-0.15, -0.1) is 0 Å². The Bertz CT molecular complexity index is 1180. The maximum Gasteiger partial charge on any atom is 0.254 e. The topological polar surface area (TPSA) is 46.3 Å². The van der Waals surface area contributed by atoms with E-state index in [1.807, 2.05) is 78.6 Å². The molecule has 31 heavy (non-hydrogen) atoms. The first-order valence-electron chi connectivity index (χ1n) is 10.4. The number of rotatable bonds is 6. The number of amides is 1. The summed E-state index contributed by atoms with van der Waals surface area (Å²) in [6, 6.07) is 25.8. The number of benzene rings is 3. The summed E-state index contributed by atoms with van der Waals surface area (Å²) in [5.74, 6) is 0.681. The van der Waals surface area contributed by atoms with E-state index in [1.54, 1.807) is 0 Å². The van der Waals surface area contributed by atoms with Crippen molar-refractivity contribution in [2.24, 2.45) is 0 Å². The Hall–Kier alpha value is -3.66. The number of hydrogen-bond donors (Lipinski definition) is 0. The minimum Gasteiger partial charge on any atom is -0.356 e. The van der Waals surface area contributed by atoms with Gasteiger partial charge >= 0.3 is 0 Å². The van der Waals surface area contributed by atoms with Crippen LogP contribution in [0, 0.1) is 20.8 Å². The molecule has 0 aliphatic rings. The first-order chi connectivity index (χ1) is 15.0. The molecule has 4 rings (SSSR count). The van der Waals surface area contributed by atoms with Gasteiger partial charge in [0.05, 0.1) is 6.54 Å². The zero-order chi connectivity index (χ0) is 21.8. The summed E-state index contributed by atoms with van der Waals surface area (Å²) >= 11 is 0. The molecule has 0 unspecified atom stereocenters. The van der Waals surface area contributed by atoms with E-state index in [-0.39, 0.29) is 5.91 Å². The minimum absolute atomic E-state index is 0.0282. The molecule has 0 spiro atoms. The summed E-state index contributed by atoms with van der Waals surface area (Å²) < 4.78 is 5.61. The van der Waals surface area contributed by atoms with E-state index in [0.717, 1.165) is 22.4 Å². The SMILES string of the molecule is Cc1ccc(C(=O)N(Cc2ccccc2)Cc2cc(-c3ccc(C)c(C)c3)on2)cc1. The molecule has 4 nitrogen and oxygen atoms in total. The van der Waals surface area contributed by atoms with Crippen LogP contribution in [0.2, 0.25) is 0 Å². The van der Waals surface area contributed by atoms with Gasteiger partial charge < -0.3 is 9.42 Å². The van der Waals surface area contributed by atoms with Crippen molar-refractivity contribution in [1.82, 2.24) is 10.1 Å². The van der Waals surface area contributed by atoms with E-state index in [1.165, 1.54) is 11.1 Å². The van der Waals surface area contributed by atoms with Gasteiger partial charge in [-0.1, -0.05) is 65.3 Å². The third kappa shape index (κ3) is 4.92. The van der Waals surface area contributed by atoms with Crippen LogP contribution in [-0.4, -0.2) is 16.0 Å². The Balaban J connectivity index is 1.59. The number of hydrogen-bond acceptors (Lipinski definition) is 3. The third-order valence-electron chi connectivity index (χ3n) is 5.51. The van der Waals surface area contributed by atoms with E-state index in [0.29, 0.717) is 24.4 Å². The molecular weight excluding hydrogens is 384 g/mol. The number of aromatic nitrogens is 1. The number of carbonyl (C=O) groups excluding carboxylic acids is 1. The van der Waals surface area contributed by atoms with E-state index >= 15 is 0 Å². The summed E-state index contributed by atoms with van der Waals surface area (Å²) in [7, 11) is 0. The van der Waals surface area contributed by atoms with Gasteiger partial charge in [-0.05, 0) is 55.7 Å². The van der Waals surface area contributed by atoms with Gasteiger partial charge in [-0.25, -0.2) is 0 Å². The van der Waals surface area contributed by atoms with Crippen molar-refractivity contribution in [2.75, 3.05) is 0 Å². The number of nitrogens with zero attached hydrogens (tertiary/aromatic N) is 2. The lowest BCUT2D eigenvalue weighted by Gasteiger charge is -2.22. The van der Waals surface area contributed by atoms with Gasteiger partial charge in [0, 0.05) is 23.7 Å². The highest BCUT2D eigenvalue weighted by Crippen LogP contribution is 2.24. The Kier molecular flexibility index (Phi) is 5.99. The fourth-order valence-electron chi connectivity index (χ4n) is 3.49. The molecule has 0 N–H and O–H groups in total. The second-order valence-corrected chi connectivity index (χ2v) is 7.99. The summed E-state index contributed by atoms with van der Waals surface area (Å²) in [6.45, 7) is 7.05. The summed E-state index contributed by atoms with van der Waals surface area (Å²) in [5.41, 5.74) is 7.02. The number of aryl methyl sites for hydroxylation is 3. The van der Waals surface area contributed by atoms with Gasteiger partial charge in [0.15, 0.2) is 5.76 Å². The molecule has 0 atom stereocenters. The average molecular weight is 411 g/mol. The molecule has 4 heteroatoms. The number of carbonyl (C=O) groups is 1. The minimum atomic E-state index is -0.0282. The molecule has 0 saturated heterocycles. The lowest BCUT2D eigenvalue weighted by molar-refractivity contribution is 0.0726. The van der Waals surface area contributed by atoms with Crippen LogP contribution in [0.1, 0.15) is 38.3 Å². The van der Waals surface area contributed by atoms with Gasteiger partial charge in [0.25, 0.3) is 5.91 Å². The Morgan fingerprint density at radius 1 is 0.839 bits per heavy atom. The molecule has 0 aliphatic heterocycles. The van der Waals surface area contributed by atoms with Crippen LogP contribution < -0.4 is 0 Å². The molecule has 1 amide bonds. The molecule has 0 fully saturated rings. The molecular formula is C27H26N2O2. The van der Waals surface area contributed by atoms with Crippen molar-refractivity contribution in [3.05, 3.63) is 112 Å². The van der Waals surface area contributed by atoms with E-state index in [9.17, 15) is 4.79 Å². The Labute approximate surface area is 183 Å². The van der Waals surface area contributed by atoms with Crippen LogP contribution in [0.5, 0.6) is 0 Å². The van der Waals surface area contributed by atoms with Crippen molar-refractivity contribution in [3.63, 3.8) is 0 Å². The van der Waals surface area contributed by atoms with Crippen LogP contribution in [0.25, 0.3) is 11.3 Å². The second-order valence-electron chi connectivity index (χ2n) is 7.99. The van der Waals surface area contributed by atoms with Crippen molar-refractivity contribution in [1.29, 1.82) is 0 Å². The molecule has 0 radical (unpaired) electrons. The lowest BCUT2D eigenvalue weighted by atomic mass is 10.0. The van der Waals surface area contributed by atoms with E-state index < -0.39 is 0 Å². The fraction of sp³-hybridized carbons (Fsp3) is 0.185. The van der Waals surface area contributed by atoms with Crippen LogP contribution in [0.3, 0.4) is 0 Å². The predicted octanol–water partition coefficient (Wildman–Crippen LogP) is 6.11. The largest absolute Gasteiger partial charge is 0.356 e.